The second kappa shape index (κ2) is 6.76. The molecule has 0 spiro atoms. The van der Waals surface area contributed by atoms with Crippen LogP contribution in [0.4, 0.5) is 27.6 Å². The van der Waals surface area contributed by atoms with Gasteiger partial charge in [0.1, 0.15) is 0 Å². The number of halogens is 5. The molecule has 1 aromatic carbocycles. The highest BCUT2D eigenvalue weighted by Crippen LogP contribution is 2.25. The van der Waals surface area contributed by atoms with Crippen LogP contribution in [0.5, 0.6) is 0 Å². The number of rotatable bonds is 2. The molecule has 0 bridgehead atoms. The highest BCUT2D eigenvalue weighted by atomic mass is 32.2. The molecule has 0 aliphatic heterocycles. The first-order valence-corrected chi connectivity index (χ1v) is 7.01. The Bertz CT molecular complexity index is 694. The summed E-state index contributed by atoms with van der Waals surface area (Å²) in [5.41, 5.74) is -6.07. The molecule has 0 fully saturated rings. The summed E-state index contributed by atoms with van der Waals surface area (Å²) < 4.78 is 84.4. The lowest BCUT2D eigenvalue weighted by atomic mass is 10.1. The Kier molecular flexibility index (Phi) is 6.24. The van der Waals surface area contributed by atoms with Crippen molar-refractivity contribution >= 4 is 21.8 Å². The summed E-state index contributed by atoms with van der Waals surface area (Å²) in [6.45, 7) is 0. The standard InChI is InChI=1S/C10H11F2NO2.CHF3O3S/c1-13(2,3)7-5-4-6(10(14)15)8(11)9(7)12;2-1(3,4)8(5,6)7/h4-5H,1-3H3;(H,5,6,7)/p+1. The molecule has 0 amide bonds. The molecule has 23 heavy (non-hydrogen) atoms. The topological polar surface area (TPSA) is 91.7 Å². The zero-order chi connectivity index (χ0) is 18.8. The maximum absolute atomic E-state index is 13.5. The number of benzene rings is 1. The average Bonchev–Trinajstić information content (AvgIpc) is 2.28. The predicted molar refractivity (Wildman–Crippen MR) is 70.5 cm³/mol. The second-order valence-electron chi connectivity index (χ2n) is 5.00. The van der Waals surface area contributed by atoms with Crippen molar-refractivity contribution in [1.82, 2.24) is 4.48 Å². The molecule has 0 radical (unpaired) electrons. The summed E-state index contributed by atoms with van der Waals surface area (Å²) in [7, 11) is -0.845. The van der Waals surface area contributed by atoms with E-state index in [0.29, 0.717) is 0 Å². The predicted octanol–water partition coefficient (Wildman–Crippen LogP) is 2.25. The molecule has 0 unspecified atom stereocenters. The normalized spacial score (nSPS) is 12.4. The van der Waals surface area contributed by atoms with Crippen LogP contribution in [0.3, 0.4) is 0 Å². The van der Waals surface area contributed by atoms with E-state index in [1.165, 1.54) is 6.07 Å². The lowest BCUT2D eigenvalue weighted by Gasteiger charge is -2.24. The number of carbonyl (C=O) groups is 1. The van der Waals surface area contributed by atoms with E-state index in [1.54, 1.807) is 21.1 Å². The summed E-state index contributed by atoms with van der Waals surface area (Å²) in [6, 6.07) is 2.35. The number of carboxylic acid groups (broad SMARTS) is 1. The molecule has 0 saturated carbocycles. The fourth-order valence-corrected chi connectivity index (χ4v) is 1.22. The van der Waals surface area contributed by atoms with Gasteiger partial charge in [0.15, 0.2) is 11.5 Å². The zero-order valence-electron chi connectivity index (χ0n) is 12.0. The summed E-state index contributed by atoms with van der Waals surface area (Å²) >= 11 is 0. The number of quaternary nitrogens is 1. The van der Waals surface area contributed by atoms with E-state index in [4.69, 9.17) is 18.1 Å². The van der Waals surface area contributed by atoms with Crippen LogP contribution in [0, 0.1) is 11.6 Å². The molecule has 6 nitrogen and oxygen atoms in total. The van der Waals surface area contributed by atoms with Gasteiger partial charge >= 0.3 is 21.6 Å². The van der Waals surface area contributed by atoms with Crippen LogP contribution in [0.1, 0.15) is 10.4 Å². The van der Waals surface area contributed by atoms with Gasteiger partial charge in [-0.2, -0.15) is 26.0 Å². The van der Waals surface area contributed by atoms with Crippen molar-refractivity contribution in [2.45, 2.75) is 5.51 Å². The lowest BCUT2D eigenvalue weighted by molar-refractivity contribution is -0.0510. The van der Waals surface area contributed by atoms with Crippen LogP contribution in [-0.2, 0) is 10.1 Å². The Balaban J connectivity index is 0.000000515. The maximum Gasteiger partial charge on any atom is 0.522 e. The smallest absolute Gasteiger partial charge is 0.478 e. The quantitative estimate of drug-likeness (QED) is 0.363. The first-order chi connectivity index (χ1) is 10.00. The van der Waals surface area contributed by atoms with Gasteiger partial charge in [0.2, 0.25) is 5.82 Å². The van der Waals surface area contributed by atoms with Crippen molar-refractivity contribution in [3.05, 3.63) is 29.3 Å². The van der Waals surface area contributed by atoms with Gasteiger partial charge in [0.05, 0.1) is 26.7 Å². The minimum atomic E-state index is -5.84. The second-order valence-corrected chi connectivity index (χ2v) is 6.41. The fraction of sp³-hybridized carbons (Fsp3) is 0.364. The van der Waals surface area contributed by atoms with Gasteiger partial charge < -0.3 is 5.11 Å². The Hall–Kier alpha value is -1.79. The summed E-state index contributed by atoms with van der Waals surface area (Å²) in [5.74, 6) is -3.89. The van der Waals surface area contributed by atoms with E-state index in [-0.39, 0.29) is 10.2 Å². The fourth-order valence-electron chi connectivity index (χ4n) is 1.22. The van der Waals surface area contributed by atoms with Crippen molar-refractivity contribution < 1.29 is 44.8 Å². The van der Waals surface area contributed by atoms with Gasteiger partial charge in [-0.3, -0.25) is 9.04 Å². The number of hydrogen-bond donors (Lipinski definition) is 2. The molecule has 1 aromatic rings. The minimum absolute atomic E-state index is 0.0860. The van der Waals surface area contributed by atoms with Crippen LogP contribution >= 0.6 is 0 Å². The number of alkyl halides is 3. The number of carboxylic acids is 1. The Morgan fingerprint density at radius 2 is 1.48 bits per heavy atom. The Morgan fingerprint density at radius 3 is 1.74 bits per heavy atom. The van der Waals surface area contributed by atoms with E-state index in [2.05, 4.69) is 0 Å². The van der Waals surface area contributed by atoms with Crippen LogP contribution < -0.4 is 4.48 Å². The van der Waals surface area contributed by atoms with E-state index in [9.17, 15) is 26.7 Å². The van der Waals surface area contributed by atoms with Crippen molar-refractivity contribution in [3.63, 3.8) is 0 Å². The average molecular weight is 366 g/mol. The Labute approximate surface area is 128 Å². The van der Waals surface area contributed by atoms with Crippen LogP contribution in [-0.4, -0.2) is 50.7 Å². The van der Waals surface area contributed by atoms with Gasteiger partial charge in [0.25, 0.3) is 0 Å². The molecule has 1 rings (SSSR count). The Morgan fingerprint density at radius 1 is 1.09 bits per heavy atom. The van der Waals surface area contributed by atoms with Gasteiger partial charge in [-0.1, -0.05) is 0 Å². The third-order valence-electron chi connectivity index (χ3n) is 2.31. The van der Waals surface area contributed by atoms with Crippen LogP contribution in [0.25, 0.3) is 0 Å². The number of hydrogen-bond acceptors (Lipinski definition) is 3. The molecule has 0 saturated heterocycles. The third-order valence-corrected chi connectivity index (χ3v) is 2.89. The van der Waals surface area contributed by atoms with Crippen molar-refractivity contribution in [2.24, 2.45) is 0 Å². The van der Waals surface area contributed by atoms with Gasteiger partial charge in [-0.05, 0) is 6.07 Å². The van der Waals surface area contributed by atoms with Gasteiger partial charge in [-0.25, -0.2) is 9.18 Å². The van der Waals surface area contributed by atoms with Crippen LogP contribution in [0.2, 0.25) is 0 Å². The summed E-state index contributed by atoms with van der Waals surface area (Å²) in [6.07, 6.45) is 0. The highest BCUT2D eigenvalue weighted by molar-refractivity contribution is 7.86. The number of aromatic carboxylic acids is 1. The SMILES string of the molecule is C[N+](C)(C)c1ccc(C(=O)O)c(F)c1F.O=S(=O)(O)C(F)(F)F. The number of nitrogens with zero attached hydrogens (tertiary/aromatic N) is 1. The lowest BCUT2D eigenvalue weighted by Crippen LogP contribution is -2.36. The first-order valence-electron chi connectivity index (χ1n) is 5.57. The molecular formula is C11H13F5NO5S+. The molecule has 132 valence electrons. The van der Waals surface area contributed by atoms with Crippen molar-refractivity contribution in [2.75, 3.05) is 21.1 Å². The van der Waals surface area contributed by atoms with Crippen LogP contribution in [0.15, 0.2) is 12.1 Å². The highest BCUT2D eigenvalue weighted by Gasteiger charge is 2.44. The molecule has 0 aliphatic rings. The van der Waals surface area contributed by atoms with Crippen molar-refractivity contribution in [3.8, 4) is 0 Å². The molecule has 0 heterocycles. The molecule has 0 aromatic heterocycles. The molecule has 0 atom stereocenters. The van der Waals surface area contributed by atoms with Gasteiger partial charge in [-0.15, -0.1) is 0 Å². The monoisotopic (exact) mass is 366 g/mol. The van der Waals surface area contributed by atoms with E-state index >= 15 is 0 Å². The van der Waals surface area contributed by atoms with Crippen molar-refractivity contribution in [1.29, 1.82) is 0 Å². The summed E-state index contributed by atoms with van der Waals surface area (Å²) in [4.78, 5) is 10.5. The third kappa shape index (κ3) is 5.73. The zero-order valence-corrected chi connectivity index (χ0v) is 12.8. The molecular weight excluding hydrogens is 353 g/mol. The first kappa shape index (κ1) is 21.2. The van der Waals surface area contributed by atoms with E-state index < -0.39 is 38.8 Å². The molecule has 2 N–H and O–H groups in total. The van der Waals surface area contributed by atoms with E-state index in [1.807, 2.05) is 0 Å². The maximum atomic E-state index is 13.5. The summed E-state index contributed by atoms with van der Waals surface area (Å²) in [5, 5.41) is 8.57. The molecule has 12 heteroatoms. The van der Waals surface area contributed by atoms with E-state index in [0.717, 1.165) is 6.07 Å². The molecule has 0 aliphatic carbocycles. The largest absolute Gasteiger partial charge is 0.522 e. The minimum Gasteiger partial charge on any atom is -0.478 e. The van der Waals surface area contributed by atoms with Gasteiger partial charge in [0, 0.05) is 6.07 Å².